The topological polar surface area (TPSA) is 12.9 Å². The number of pyridine rings is 1. The molecule has 0 radical (unpaired) electrons. The molecule has 0 unspecified atom stereocenters. The fourth-order valence-electron chi connectivity index (χ4n) is 1.79. The zero-order valence-corrected chi connectivity index (χ0v) is 10.7. The number of hydrogen-bond acceptors (Lipinski definition) is 1. The third-order valence-corrected chi connectivity index (χ3v) is 2.71. The first-order valence-corrected chi connectivity index (χ1v) is 6.31. The molecular weight excluding hydrogens is 218 g/mol. The van der Waals surface area contributed by atoms with E-state index < -0.39 is 0 Å². The lowest BCUT2D eigenvalue weighted by atomic mass is 10.1. The second-order valence-corrected chi connectivity index (χ2v) is 4.31. The Morgan fingerprint density at radius 3 is 2.61 bits per heavy atom. The fraction of sp³-hybridized carbons (Fsp3) is 0.235. The van der Waals surface area contributed by atoms with Gasteiger partial charge in [-0.25, -0.2) is 4.98 Å². The van der Waals surface area contributed by atoms with Crippen molar-refractivity contribution in [3.05, 3.63) is 65.5 Å². The van der Waals surface area contributed by atoms with Crippen LogP contribution in [0.25, 0.3) is 0 Å². The summed E-state index contributed by atoms with van der Waals surface area (Å²) >= 11 is 0. The van der Waals surface area contributed by atoms with E-state index in [-0.39, 0.29) is 0 Å². The van der Waals surface area contributed by atoms with E-state index >= 15 is 0 Å². The van der Waals surface area contributed by atoms with Crippen molar-refractivity contribution >= 4 is 0 Å². The summed E-state index contributed by atoms with van der Waals surface area (Å²) in [7, 11) is 0. The van der Waals surface area contributed by atoms with Gasteiger partial charge in [-0.2, -0.15) is 0 Å². The van der Waals surface area contributed by atoms with Crippen molar-refractivity contribution in [2.24, 2.45) is 0 Å². The van der Waals surface area contributed by atoms with E-state index in [9.17, 15) is 0 Å². The summed E-state index contributed by atoms with van der Waals surface area (Å²) in [5.41, 5.74) is 3.27. The molecular formula is C17H17N. The smallest absolute Gasteiger partial charge is 0.113 e. The highest BCUT2D eigenvalue weighted by Gasteiger charge is 1.90. The third kappa shape index (κ3) is 4.07. The number of hydrogen-bond donors (Lipinski definition) is 0. The van der Waals surface area contributed by atoms with E-state index in [4.69, 9.17) is 0 Å². The minimum absolute atomic E-state index is 0.870. The van der Waals surface area contributed by atoms with Gasteiger partial charge in [-0.1, -0.05) is 42.3 Å². The van der Waals surface area contributed by atoms with Crippen LogP contribution >= 0.6 is 0 Å². The molecule has 0 fully saturated rings. The van der Waals surface area contributed by atoms with Gasteiger partial charge in [-0.05, 0) is 43.4 Å². The molecule has 0 aliphatic heterocycles. The number of aromatic nitrogens is 1. The van der Waals surface area contributed by atoms with E-state index in [1.807, 2.05) is 31.2 Å². The zero-order valence-electron chi connectivity index (χ0n) is 10.7. The summed E-state index contributed by atoms with van der Waals surface area (Å²) in [5, 5.41) is 0. The quantitative estimate of drug-likeness (QED) is 0.583. The molecule has 0 spiro atoms. The van der Waals surface area contributed by atoms with Crippen LogP contribution < -0.4 is 0 Å². The molecule has 1 heteroatoms. The average molecular weight is 235 g/mol. The van der Waals surface area contributed by atoms with E-state index in [0.717, 1.165) is 30.7 Å². The van der Waals surface area contributed by atoms with Gasteiger partial charge in [0.1, 0.15) is 5.69 Å². The van der Waals surface area contributed by atoms with Gasteiger partial charge in [0.25, 0.3) is 0 Å². The summed E-state index contributed by atoms with van der Waals surface area (Å²) in [6.45, 7) is 1.99. The molecule has 0 aliphatic carbocycles. The molecule has 0 amide bonds. The molecule has 2 rings (SSSR count). The van der Waals surface area contributed by atoms with Gasteiger partial charge in [0, 0.05) is 12.1 Å². The van der Waals surface area contributed by atoms with E-state index in [1.165, 1.54) is 5.56 Å². The molecule has 18 heavy (non-hydrogen) atoms. The summed E-state index contributed by atoms with van der Waals surface area (Å²) in [6, 6.07) is 16.5. The van der Waals surface area contributed by atoms with Crippen LogP contribution in [0.4, 0.5) is 0 Å². The van der Waals surface area contributed by atoms with Crippen molar-refractivity contribution in [2.75, 3.05) is 0 Å². The molecule has 1 aromatic carbocycles. The van der Waals surface area contributed by atoms with Crippen LogP contribution in [-0.4, -0.2) is 4.98 Å². The summed E-state index contributed by atoms with van der Waals surface area (Å²) in [5.74, 6) is 6.30. The lowest BCUT2D eigenvalue weighted by molar-refractivity contribution is 0.857. The first-order chi connectivity index (χ1) is 8.84. The predicted octanol–water partition coefficient (Wildman–Crippen LogP) is 3.76. The number of nitrogens with zero attached hydrogens (tertiary/aromatic N) is 1. The highest BCUT2D eigenvalue weighted by atomic mass is 14.7. The Balaban J connectivity index is 1.79. The maximum Gasteiger partial charge on any atom is 0.113 e. The molecule has 0 saturated carbocycles. The summed E-state index contributed by atoms with van der Waals surface area (Å²) < 4.78 is 0. The van der Waals surface area contributed by atoms with Crippen molar-refractivity contribution in [1.29, 1.82) is 0 Å². The highest BCUT2D eigenvalue weighted by Crippen LogP contribution is 2.04. The molecule has 90 valence electrons. The first kappa shape index (κ1) is 12.4. The molecule has 2 aromatic rings. The van der Waals surface area contributed by atoms with Crippen LogP contribution in [0.1, 0.15) is 29.8 Å². The second kappa shape index (κ2) is 6.61. The Morgan fingerprint density at radius 2 is 1.83 bits per heavy atom. The Morgan fingerprint density at radius 1 is 1.00 bits per heavy atom. The molecule has 1 aromatic heterocycles. The predicted molar refractivity (Wildman–Crippen MR) is 75.2 cm³/mol. The third-order valence-electron chi connectivity index (χ3n) is 2.71. The highest BCUT2D eigenvalue weighted by molar-refractivity contribution is 5.28. The molecule has 1 heterocycles. The normalized spacial score (nSPS) is 9.61. The van der Waals surface area contributed by atoms with Gasteiger partial charge in [0.05, 0.1) is 0 Å². The molecule has 1 nitrogen and oxygen atoms in total. The van der Waals surface area contributed by atoms with Crippen molar-refractivity contribution < 1.29 is 0 Å². The minimum atomic E-state index is 0.870. The Labute approximate surface area is 109 Å². The number of aryl methyl sites for hydroxylation is 2. The first-order valence-electron chi connectivity index (χ1n) is 6.31. The van der Waals surface area contributed by atoms with Crippen LogP contribution in [0.5, 0.6) is 0 Å². The van der Waals surface area contributed by atoms with E-state index in [2.05, 4.69) is 41.1 Å². The number of unbranched alkanes of at least 4 members (excludes halogenated alkanes) is 1. The van der Waals surface area contributed by atoms with Gasteiger partial charge < -0.3 is 0 Å². The number of rotatable bonds is 3. The number of benzene rings is 1. The Bertz CT molecular complexity index is 547. The van der Waals surface area contributed by atoms with E-state index in [1.54, 1.807) is 0 Å². The summed E-state index contributed by atoms with van der Waals surface area (Å²) in [4.78, 5) is 4.36. The molecule has 0 atom stereocenters. The minimum Gasteiger partial charge on any atom is -0.245 e. The van der Waals surface area contributed by atoms with Gasteiger partial charge in [-0.15, -0.1) is 0 Å². The molecule has 0 saturated heterocycles. The maximum atomic E-state index is 4.36. The van der Waals surface area contributed by atoms with Gasteiger partial charge in [-0.3, -0.25) is 0 Å². The van der Waals surface area contributed by atoms with Crippen LogP contribution in [0.3, 0.4) is 0 Å². The van der Waals surface area contributed by atoms with Gasteiger partial charge >= 0.3 is 0 Å². The van der Waals surface area contributed by atoms with Crippen molar-refractivity contribution in [2.45, 2.75) is 26.2 Å². The maximum absolute atomic E-state index is 4.36. The van der Waals surface area contributed by atoms with Crippen LogP contribution in [0, 0.1) is 18.8 Å². The molecule has 0 N–H and O–H groups in total. The lowest BCUT2D eigenvalue weighted by Gasteiger charge is -1.97. The zero-order chi connectivity index (χ0) is 12.6. The SMILES string of the molecule is Cc1cccc(C#CCCCc2ccccc2)n1. The van der Waals surface area contributed by atoms with Crippen LogP contribution in [-0.2, 0) is 6.42 Å². The van der Waals surface area contributed by atoms with Gasteiger partial charge in [0.2, 0.25) is 0 Å². The van der Waals surface area contributed by atoms with Crippen molar-refractivity contribution in [1.82, 2.24) is 4.98 Å². The molecule has 0 bridgehead atoms. The van der Waals surface area contributed by atoms with Crippen molar-refractivity contribution in [3.63, 3.8) is 0 Å². The van der Waals surface area contributed by atoms with E-state index in [0.29, 0.717) is 0 Å². The average Bonchev–Trinajstić information content (AvgIpc) is 2.40. The molecule has 0 aliphatic rings. The lowest BCUT2D eigenvalue weighted by Crippen LogP contribution is -1.85. The van der Waals surface area contributed by atoms with Crippen LogP contribution in [0.2, 0.25) is 0 Å². The fourth-order valence-corrected chi connectivity index (χ4v) is 1.79. The second-order valence-electron chi connectivity index (χ2n) is 4.31. The Hall–Kier alpha value is -2.07. The monoisotopic (exact) mass is 235 g/mol. The summed E-state index contributed by atoms with van der Waals surface area (Å²) in [6.07, 6.45) is 3.12. The van der Waals surface area contributed by atoms with Crippen LogP contribution in [0.15, 0.2) is 48.5 Å². The largest absolute Gasteiger partial charge is 0.245 e. The Kier molecular flexibility index (Phi) is 4.55. The van der Waals surface area contributed by atoms with Gasteiger partial charge in [0.15, 0.2) is 0 Å². The standard InChI is InChI=1S/C17H17N/c1-15-9-8-14-17(18-15)13-7-3-6-12-16-10-4-2-5-11-16/h2,4-5,8-11,14H,3,6,12H2,1H3. The van der Waals surface area contributed by atoms with Crippen molar-refractivity contribution in [3.8, 4) is 11.8 Å².